The summed E-state index contributed by atoms with van der Waals surface area (Å²) in [6, 6.07) is 4.99. The third kappa shape index (κ3) is 14.4. The number of para-hydroxylation sites is 1. The van der Waals surface area contributed by atoms with Crippen LogP contribution in [0.3, 0.4) is 0 Å². The van der Waals surface area contributed by atoms with Crippen LogP contribution in [0.5, 0.6) is 5.75 Å². The second kappa shape index (κ2) is 18.3. The van der Waals surface area contributed by atoms with Gasteiger partial charge in [0.05, 0.1) is 16.7 Å². The van der Waals surface area contributed by atoms with E-state index in [4.69, 9.17) is 32.7 Å². The molecule has 0 saturated heterocycles. The fourth-order valence-corrected chi connectivity index (χ4v) is 3.78. The molecule has 1 rings (SSSR count). The maximum absolute atomic E-state index is 11.9. The van der Waals surface area contributed by atoms with Crippen molar-refractivity contribution in [2.24, 2.45) is 0 Å². The number of halogens is 2. The first-order valence-electron chi connectivity index (χ1n) is 11.8. The van der Waals surface area contributed by atoms with Gasteiger partial charge < -0.3 is 9.47 Å². The van der Waals surface area contributed by atoms with Gasteiger partial charge in [-0.3, -0.25) is 9.59 Å². The molecular weight excluding hydrogens is 435 g/mol. The number of hydrogen-bond acceptors (Lipinski definition) is 4. The van der Waals surface area contributed by atoms with E-state index < -0.39 is 0 Å². The smallest absolute Gasteiger partial charge is 0.311 e. The molecule has 0 fully saturated rings. The Morgan fingerprint density at radius 2 is 1.19 bits per heavy atom. The zero-order chi connectivity index (χ0) is 22.7. The molecule has 0 amide bonds. The van der Waals surface area contributed by atoms with Crippen molar-refractivity contribution in [1.29, 1.82) is 0 Å². The van der Waals surface area contributed by atoms with Crippen molar-refractivity contribution >= 4 is 35.1 Å². The Kier molecular flexibility index (Phi) is 16.4. The van der Waals surface area contributed by atoms with Gasteiger partial charge in [-0.25, -0.2) is 0 Å². The van der Waals surface area contributed by atoms with Crippen LogP contribution in [0, 0.1) is 0 Å². The number of ether oxygens (including phenoxy) is 2. The summed E-state index contributed by atoms with van der Waals surface area (Å²) < 4.78 is 10.6. The van der Waals surface area contributed by atoms with Crippen LogP contribution in [0.4, 0.5) is 0 Å². The molecule has 0 aromatic heterocycles. The van der Waals surface area contributed by atoms with Crippen molar-refractivity contribution in [2.45, 2.75) is 103 Å². The quantitative estimate of drug-likeness (QED) is 0.122. The van der Waals surface area contributed by atoms with E-state index in [2.05, 4.69) is 6.92 Å². The van der Waals surface area contributed by atoms with Crippen LogP contribution in [0.25, 0.3) is 0 Å². The minimum Gasteiger partial charge on any atom is -0.466 e. The lowest BCUT2D eigenvalue weighted by molar-refractivity contribution is -0.144. The Labute approximate surface area is 198 Å². The van der Waals surface area contributed by atoms with Gasteiger partial charge in [0.2, 0.25) is 0 Å². The number of benzene rings is 1. The Hall–Kier alpha value is -1.26. The monoisotopic (exact) mass is 472 g/mol. The Balaban J connectivity index is 1.91. The maximum atomic E-state index is 11.9. The summed E-state index contributed by atoms with van der Waals surface area (Å²) in [5, 5.41) is 0.670. The fourth-order valence-electron chi connectivity index (χ4n) is 3.31. The summed E-state index contributed by atoms with van der Waals surface area (Å²) in [6.45, 7) is 2.78. The zero-order valence-corrected chi connectivity index (χ0v) is 20.4. The second-order valence-electron chi connectivity index (χ2n) is 7.99. The van der Waals surface area contributed by atoms with Crippen LogP contribution in [0.2, 0.25) is 10.0 Å². The van der Waals surface area contributed by atoms with Gasteiger partial charge in [-0.15, -0.1) is 0 Å². The van der Waals surface area contributed by atoms with Crippen molar-refractivity contribution in [3.63, 3.8) is 0 Å². The third-order valence-corrected chi connectivity index (χ3v) is 5.75. The topological polar surface area (TPSA) is 52.6 Å². The summed E-state index contributed by atoms with van der Waals surface area (Å²) in [6.07, 6.45) is 15.1. The average molecular weight is 473 g/mol. The van der Waals surface area contributed by atoms with E-state index in [0.29, 0.717) is 29.5 Å². The fraction of sp³-hybridized carbons (Fsp3) is 0.680. The molecule has 0 radical (unpaired) electrons. The van der Waals surface area contributed by atoms with Gasteiger partial charge in [-0.05, 0) is 31.4 Å². The number of carbonyl (C=O) groups excluding carboxylic acids is 2. The summed E-state index contributed by atoms with van der Waals surface area (Å²) in [5.41, 5.74) is 0. The van der Waals surface area contributed by atoms with Gasteiger partial charge in [-0.1, -0.05) is 100 Å². The van der Waals surface area contributed by atoms with Crippen LogP contribution in [-0.4, -0.2) is 18.5 Å². The van der Waals surface area contributed by atoms with Crippen LogP contribution in [-0.2, 0) is 14.3 Å². The SMILES string of the molecule is CCCCCCCCCOC(=O)CCCCCCCCC(=O)Oc1c(Cl)cccc1Cl. The highest BCUT2D eigenvalue weighted by Gasteiger charge is 2.11. The molecule has 4 nitrogen and oxygen atoms in total. The molecule has 0 aliphatic carbocycles. The first kappa shape index (κ1) is 27.8. The molecule has 0 saturated carbocycles. The minimum absolute atomic E-state index is 0.0769. The van der Waals surface area contributed by atoms with E-state index in [-0.39, 0.29) is 17.7 Å². The largest absolute Gasteiger partial charge is 0.466 e. The van der Waals surface area contributed by atoms with E-state index in [1.165, 1.54) is 32.1 Å². The molecule has 1 aromatic carbocycles. The number of carbonyl (C=O) groups is 2. The van der Waals surface area contributed by atoms with Crippen LogP contribution in [0.15, 0.2) is 18.2 Å². The summed E-state index contributed by atoms with van der Waals surface area (Å²) in [7, 11) is 0. The molecule has 0 N–H and O–H groups in total. The van der Waals surface area contributed by atoms with Gasteiger partial charge in [0.1, 0.15) is 0 Å². The average Bonchev–Trinajstić information content (AvgIpc) is 2.74. The highest BCUT2D eigenvalue weighted by molar-refractivity contribution is 6.37. The van der Waals surface area contributed by atoms with E-state index in [0.717, 1.165) is 51.4 Å². The molecule has 6 heteroatoms. The predicted octanol–water partition coefficient (Wildman–Crippen LogP) is 8.31. The van der Waals surface area contributed by atoms with E-state index in [1.54, 1.807) is 18.2 Å². The Morgan fingerprint density at radius 1 is 0.710 bits per heavy atom. The predicted molar refractivity (Wildman–Crippen MR) is 128 cm³/mol. The lowest BCUT2D eigenvalue weighted by Gasteiger charge is -2.08. The number of unbranched alkanes of at least 4 members (excludes halogenated alkanes) is 11. The molecule has 1 aromatic rings. The van der Waals surface area contributed by atoms with Crippen molar-refractivity contribution in [3.8, 4) is 5.75 Å². The highest BCUT2D eigenvalue weighted by atomic mass is 35.5. The summed E-state index contributed by atoms with van der Waals surface area (Å²) >= 11 is 12.0. The van der Waals surface area contributed by atoms with Crippen molar-refractivity contribution in [2.75, 3.05) is 6.61 Å². The minimum atomic E-state index is -0.321. The molecule has 0 bridgehead atoms. The lowest BCUT2D eigenvalue weighted by Crippen LogP contribution is -2.08. The third-order valence-electron chi connectivity index (χ3n) is 5.16. The maximum Gasteiger partial charge on any atom is 0.311 e. The van der Waals surface area contributed by atoms with Gasteiger partial charge >= 0.3 is 11.9 Å². The van der Waals surface area contributed by atoms with Gasteiger partial charge in [0.25, 0.3) is 0 Å². The van der Waals surface area contributed by atoms with Crippen LogP contribution >= 0.6 is 23.2 Å². The van der Waals surface area contributed by atoms with E-state index in [9.17, 15) is 9.59 Å². The molecule has 0 aliphatic heterocycles. The zero-order valence-electron chi connectivity index (χ0n) is 18.9. The van der Waals surface area contributed by atoms with Gasteiger partial charge in [-0.2, -0.15) is 0 Å². The number of rotatable bonds is 18. The van der Waals surface area contributed by atoms with Gasteiger partial charge in [0.15, 0.2) is 5.75 Å². The first-order valence-corrected chi connectivity index (χ1v) is 12.6. The van der Waals surface area contributed by atoms with Crippen LogP contribution < -0.4 is 4.74 Å². The van der Waals surface area contributed by atoms with E-state index in [1.807, 2.05) is 0 Å². The second-order valence-corrected chi connectivity index (χ2v) is 8.80. The molecular formula is C25H38Cl2O4. The highest BCUT2D eigenvalue weighted by Crippen LogP contribution is 2.32. The summed E-state index contributed by atoms with van der Waals surface area (Å²) in [5.74, 6) is -0.166. The number of hydrogen-bond donors (Lipinski definition) is 0. The van der Waals surface area contributed by atoms with Crippen molar-refractivity contribution < 1.29 is 19.1 Å². The molecule has 0 heterocycles. The van der Waals surface area contributed by atoms with Gasteiger partial charge in [0, 0.05) is 12.8 Å². The molecule has 0 atom stereocenters. The van der Waals surface area contributed by atoms with E-state index >= 15 is 0 Å². The molecule has 31 heavy (non-hydrogen) atoms. The first-order chi connectivity index (χ1) is 15.0. The van der Waals surface area contributed by atoms with Crippen molar-refractivity contribution in [1.82, 2.24) is 0 Å². The molecule has 0 unspecified atom stereocenters. The molecule has 0 spiro atoms. The molecule has 0 aliphatic rings. The lowest BCUT2D eigenvalue weighted by atomic mass is 10.1. The Morgan fingerprint density at radius 3 is 1.77 bits per heavy atom. The molecule has 176 valence electrons. The normalized spacial score (nSPS) is 10.8. The standard InChI is InChI=1S/C25H38Cl2O4/c1-2-3-4-5-8-11-14-20-30-23(28)18-12-9-6-7-10-13-19-24(29)31-25-21(26)16-15-17-22(25)27/h15-17H,2-14,18-20H2,1H3. The van der Waals surface area contributed by atoms with Crippen LogP contribution in [0.1, 0.15) is 103 Å². The Bertz CT molecular complexity index is 614. The number of esters is 2. The summed E-state index contributed by atoms with van der Waals surface area (Å²) in [4.78, 5) is 23.7. The van der Waals surface area contributed by atoms with Crippen molar-refractivity contribution in [3.05, 3.63) is 28.2 Å².